The van der Waals surface area contributed by atoms with Crippen LogP contribution >= 0.6 is 0 Å². The van der Waals surface area contributed by atoms with E-state index in [4.69, 9.17) is 9.47 Å². The van der Waals surface area contributed by atoms with Gasteiger partial charge in [-0.2, -0.15) is 0 Å². The van der Waals surface area contributed by atoms with Gasteiger partial charge in [0.1, 0.15) is 23.9 Å². The van der Waals surface area contributed by atoms with Crippen LogP contribution in [0.25, 0.3) is 6.08 Å². The van der Waals surface area contributed by atoms with Crippen molar-refractivity contribution in [1.82, 2.24) is 10.2 Å². The van der Waals surface area contributed by atoms with Crippen LogP contribution in [-0.2, 0) is 27.3 Å². The zero-order valence-electron chi connectivity index (χ0n) is 20.5. The summed E-state index contributed by atoms with van der Waals surface area (Å²) in [5.41, 5.74) is 4.03. The fourth-order valence-corrected chi connectivity index (χ4v) is 6.30. The van der Waals surface area contributed by atoms with Crippen molar-refractivity contribution in [1.29, 1.82) is 0 Å². The molecular formula is C26H32N2O5Si. The molecule has 0 aromatic heterocycles. The van der Waals surface area contributed by atoms with Gasteiger partial charge in [0.05, 0.1) is 13.7 Å². The van der Waals surface area contributed by atoms with Crippen molar-refractivity contribution in [2.24, 2.45) is 0 Å². The summed E-state index contributed by atoms with van der Waals surface area (Å²) in [5, 5.41) is 14.4. The maximum absolute atomic E-state index is 13.6. The zero-order valence-corrected chi connectivity index (χ0v) is 21.5. The monoisotopic (exact) mass is 480 g/mol. The van der Waals surface area contributed by atoms with Gasteiger partial charge in [-0.3, -0.25) is 4.79 Å². The number of hydrogen-bond donors (Lipinski definition) is 2. The van der Waals surface area contributed by atoms with Gasteiger partial charge in [-0.1, -0.05) is 32.6 Å². The van der Waals surface area contributed by atoms with Gasteiger partial charge in [0.15, 0.2) is 5.60 Å². The number of cyclic esters (lactones) is 1. The number of carbonyl (C=O) groups is 2. The molecule has 0 amide bonds. The molecule has 1 aliphatic carbocycles. The highest BCUT2D eigenvalue weighted by Crippen LogP contribution is 2.45. The summed E-state index contributed by atoms with van der Waals surface area (Å²) < 4.78 is 10.8. The molecule has 1 aromatic rings. The molecule has 1 unspecified atom stereocenters. The van der Waals surface area contributed by atoms with E-state index < -0.39 is 19.6 Å². The van der Waals surface area contributed by atoms with Gasteiger partial charge in [-0.15, -0.1) is 0 Å². The van der Waals surface area contributed by atoms with Crippen LogP contribution in [0.15, 0.2) is 40.5 Å². The first-order chi connectivity index (χ1) is 16.1. The number of ketones is 1. The van der Waals surface area contributed by atoms with Crippen LogP contribution in [0.3, 0.4) is 0 Å². The first-order valence-corrected chi connectivity index (χ1v) is 15.6. The third-order valence-electron chi connectivity index (χ3n) is 7.37. The number of ether oxygens (including phenoxy) is 2. The Balaban J connectivity index is 1.52. The molecular weight excluding hydrogens is 448 g/mol. The fraction of sp³-hybridized carbons (Fsp3) is 0.462. The lowest BCUT2D eigenvalue weighted by Crippen LogP contribution is -2.48. The largest absolute Gasteiger partial charge is 0.497 e. The molecule has 1 aromatic carbocycles. The number of aliphatic hydroxyl groups is 1. The minimum absolute atomic E-state index is 0.0891. The number of Topliss-reactive ketones (excluding diaryl/α,β-unsaturated/α-hetero) is 1. The van der Waals surface area contributed by atoms with Gasteiger partial charge < -0.3 is 24.8 Å². The number of hydrogen-bond acceptors (Lipinski definition) is 7. The second kappa shape index (κ2) is 7.85. The van der Waals surface area contributed by atoms with Crippen LogP contribution in [0.2, 0.25) is 25.7 Å². The van der Waals surface area contributed by atoms with Crippen molar-refractivity contribution in [2.75, 3.05) is 13.7 Å². The van der Waals surface area contributed by atoms with Crippen LogP contribution in [-0.4, -0.2) is 49.2 Å². The lowest BCUT2D eigenvalue weighted by Gasteiger charge is -2.36. The van der Waals surface area contributed by atoms with E-state index in [1.165, 1.54) is 17.2 Å². The Labute approximate surface area is 201 Å². The molecule has 0 radical (unpaired) electrons. The number of esters is 1. The fourth-order valence-electron chi connectivity index (χ4n) is 5.28. The first-order valence-electron chi connectivity index (χ1n) is 11.9. The minimum atomic E-state index is -1.75. The molecule has 180 valence electrons. The summed E-state index contributed by atoms with van der Waals surface area (Å²) in [7, 11) is 0.450. The normalized spacial score (nSPS) is 23.6. The van der Waals surface area contributed by atoms with Crippen molar-refractivity contribution in [3.8, 4) is 5.75 Å². The molecule has 7 nitrogen and oxygen atoms in total. The smallest absolute Gasteiger partial charge is 0.342 e. The Kier molecular flexibility index (Phi) is 5.29. The molecule has 3 heterocycles. The summed E-state index contributed by atoms with van der Waals surface area (Å²) >= 11 is 0. The van der Waals surface area contributed by atoms with E-state index in [2.05, 4.69) is 37.1 Å². The third kappa shape index (κ3) is 3.51. The highest BCUT2D eigenvalue weighted by atomic mass is 28.3. The Morgan fingerprint density at radius 2 is 2.03 bits per heavy atom. The predicted molar refractivity (Wildman–Crippen MR) is 131 cm³/mol. The number of rotatable bonds is 5. The SMILES string of the molecule is CCC1(O)C(=O)OCC2=C1CC1=C(C2=O)N2Cc3c(cc(OC)cc3CC[Si](C)(C)C)C=C2N1. The number of fused-ring (bicyclic) bond motifs is 3. The average Bonchev–Trinajstić information content (AvgIpc) is 3.15. The molecule has 1 atom stereocenters. The maximum atomic E-state index is 13.6. The van der Waals surface area contributed by atoms with E-state index in [-0.39, 0.29) is 18.8 Å². The van der Waals surface area contributed by atoms with Crippen LogP contribution < -0.4 is 10.1 Å². The summed E-state index contributed by atoms with van der Waals surface area (Å²) in [6.07, 6.45) is 3.54. The lowest BCUT2D eigenvalue weighted by molar-refractivity contribution is -0.163. The number of allylic oxidation sites excluding steroid dienone is 2. The molecule has 0 bridgehead atoms. The Bertz CT molecular complexity index is 1210. The zero-order chi connectivity index (χ0) is 24.4. The van der Waals surface area contributed by atoms with Gasteiger partial charge in [-0.25, -0.2) is 4.79 Å². The molecule has 4 aliphatic rings. The van der Waals surface area contributed by atoms with Crippen LogP contribution in [0.4, 0.5) is 0 Å². The topological polar surface area (TPSA) is 88.1 Å². The lowest BCUT2D eigenvalue weighted by atomic mass is 9.78. The molecule has 5 rings (SSSR count). The van der Waals surface area contributed by atoms with Crippen LogP contribution in [0.1, 0.15) is 36.5 Å². The molecule has 8 heteroatoms. The van der Waals surface area contributed by atoms with Crippen molar-refractivity contribution in [3.05, 3.63) is 57.2 Å². The second-order valence-corrected chi connectivity index (χ2v) is 16.4. The number of methoxy groups -OCH3 is 1. The van der Waals surface area contributed by atoms with Gasteiger partial charge in [0.2, 0.25) is 5.78 Å². The van der Waals surface area contributed by atoms with E-state index in [0.29, 0.717) is 29.8 Å². The Morgan fingerprint density at radius 3 is 2.71 bits per heavy atom. The van der Waals surface area contributed by atoms with E-state index in [0.717, 1.165) is 29.3 Å². The van der Waals surface area contributed by atoms with Gasteiger partial charge >= 0.3 is 5.97 Å². The van der Waals surface area contributed by atoms with E-state index in [1.54, 1.807) is 14.0 Å². The van der Waals surface area contributed by atoms with Gasteiger partial charge in [0.25, 0.3) is 0 Å². The Hall–Kier alpha value is -2.84. The van der Waals surface area contributed by atoms with E-state index >= 15 is 0 Å². The van der Waals surface area contributed by atoms with Gasteiger partial charge in [0, 0.05) is 25.8 Å². The Morgan fingerprint density at radius 1 is 1.26 bits per heavy atom. The molecule has 3 aliphatic heterocycles. The number of carbonyl (C=O) groups excluding carboxylic acids is 2. The van der Waals surface area contributed by atoms with Crippen LogP contribution in [0.5, 0.6) is 5.75 Å². The number of benzene rings is 1. The molecule has 0 saturated heterocycles. The van der Waals surface area contributed by atoms with Crippen molar-refractivity contribution < 1.29 is 24.2 Å². The average molecular weight is 481 g/mol. The number of nitrogens with zero attached hydrogens (tertiary/aromatic N) is 1. The van der Waals surface area contributed by atoms with E-state index in [9.17, 15) is 14.7 Å². The van der Waals surface area contributed by atoms with Gasteiger partial charge in [-0.05, 0) is 53.3 Å². The molecule has 0 fully saturated rings. The van der Waals surface area contributed by atoms with E-state index in [1.807, 2.05) is 11.0 Å². The standard InChI is InChI=1S/C26H32N2O5Si/c1-6-26(31)20-12-21-23(24(29)19(20)14-33-25(26)30)28-13-18-15(7-8-34(3,4)5)9-17(32-2)10-16(18)11-22(28)27-21/h9-11,27,31H,6-8,12-14H2,1-5H3. The minimum Gasteiger partial charge on any atom is -0.497 e. The second-order valence-electron chi connectivity index (χ2n) is 10.7. The highest BCUT2D eigenvalue weighted by Gasteiger charge is 2.51. The van der Waals surface area contributed by atoms with Crippen LogP contribution in [0, 0.1) is 0 Å². The van der Waals surface area contributed by atoms with Crippen molar-refractivity contribution in [3.63, 3.8) is 0 Å². The number of aryl methyl sites for hydroxylation is 1. The van der Waals surface area contributed by atoms with Crippen molar-refractivity contribution >= 4 is 25.9 Å². The maximum Gasteiger partial charge on any atom is 0.342 e. The summed E-state index contributed by atoms with van der Waals surface area (Å²) in [6.45, 7) is 9.35. The van der Waals surface area contributed by atoms with Crippen molar-refractivity contribution in [2.45, 2.75) is 64.0 Å². The summed E-state index contributed by atoms with van der Waals surface area (Å²) in [5.74, 6) is 0.823. The predicted octanol–water partition coefficient (Wildman–Crippen LogP) is 3.47. The summed E-state index contributed by atoms with van der Waals surface area (Å²) in [6, 6.07) is 5.34. The summed E-state index contributed by atoms with van der Waals surface area (Å²) in [4.78, 5) is 28.0. The molecule has 2 N–H and O–H groups in total. The quantitative estimate of drug-likeness (QED) is 0.493. The number of nitrogens with one attached hydrogen (secondary N) is 1. The first kappa shape index (κ1) is 22.9. The highest BCUT2D eigenvalue weighted by molar-refractivity contribution is 6.76. The third-order valence-corrected chi connectivity index (χ3v) is 9.12. The molecule has 34 heavy (non-hydrogen) atoms. The molecule has 0 spiro atoms. The molecule has 0 saturated carbocycles.